The van der Waals surface area contributed by atoms with E-state index in [0.717, 1.165) is 19.6 Å². The molecule has 0 bridgehead atoms. The second-order valence-corrected chi connectivity index (χ2v) is 5.72. The molecule has 16 heavy (non-hydrogen) atoms. The molecule has 3 heterocycles. The van der Waals surface area contributed by atoms with Gasteiger partial charge in [-0.2, -0.15) is 0 Å². The molecular formula is C8H4BrN5S2. The predicted octanol–water partition coefficient (Wildman–Crippen LogP) is 2.49. The average Bonchev–Trinajstić information content (AvgIpc) is 2.87. The number of imidazole rings is 1. The molecule has 5 nitrogen and oxygen atoms in total. The smallest absolute Gasteiger partial charge is 0.180 e. The summed E-state index contributed by atoms with van der Waals surface area (Å²) in [5.41, 5.74) is 2.52. The minimum atomic E-state index is 0.769. The lowest BCUT2D eigenvalue weighted by Gasteiger charge is -2.00. The predicted molar refractivity (Wildman–Crippen MR) is 64.7 cm³/mol. The Bertz CT molecular complexity index is 620. The Morgan fingerprint density at radius 3 is 3.19 bits per heavy atom. The zero-order valence-corrected chi connectivity index (χ0v) is 11.0. The summed E-state index contributed by atoms with van der Waals surface area (Å²) in [6, 6.07) is 0. The first-order valence-electron chi connectivity index (χ1n) is 4.26. The van der Waals surface area contributed by atoms with Crippen molar-refractivity contribution in [3.8, 4) is 0 Å². The van der Waals surface area contributed by atoms with Gasteiger partial charge in [0.1, 0.15) is 15.1 Å². The van der Waals surface area contributed by atoms with E-state index in [0.29, 0.717) is 0 Å². The first kappa shape index (κ1) is 10.2. The SMILES string of the molecule is Brc1cn2ccnc2c(Sc2nncs2)n1. The minimum absolute atomic E-state index is 0.769. The summed E-state index contributed by atoms with van der Waals surface area (Å²) in [7, 11) is 0. The number of rotatable bonds is 2. The van der Waals surface area contributed by atoms with Crippen LogP contribution in [0.15, 0.2) is 38.1 Å². The molecule has 0 saturated carbocycles. The van der Waals surface area contributed by atoms with Gasteiger partial charge >= 0.3 is 0 Å². The van der Waals surface area contributed by atoms with E-state index in [-0.39, 0.29) is 0 Å². The van der Waals surface area contributed by atoms with E-state index < -0.39 is 0 Å². The molecule has 0 saturated heterocycles. The lowest BCUT2D eigenvalue weighted by Crippen LogP contribution is -1.91. The maximum absolute atomic E-state index is 4.38. The number of halogens is 1. The highest BCUT2D eigenvalue weighted by Gasteiger charge is 2.09. The standard InChI is InChI=1S/C8H4BrN5S2/c9-5-3-14-2-1-10-6(14)7(12-5)16-8-13-11-4-15-8/h1-4H. The zero-order chi connectivity index (χ0) is 11.0. The van der Waals surface area contributed by atoms with Gasteiger partial charge in [-0.05, 0) is 27.7 Å². The van der Waals surface area contributed by atoms with Gasteiger partial charge in [0, 0.05) is 18.6 Å². The molecule has 3 aromatic heterocycles. The monoisotopic (exact) mass is 313 g/mol. The minimum Gasteiger partial charge on any atom is -0.302 e. The molecule has 0 aliphatic carbocycles. The maximum Gasteiger partial charge on any atom is 0.180 e. The summed E-state index contributed by atoms with van der Waals surface area (Å²) >= 11 is 6.31. The molecule has 0 radical (unpaired) electrons. The van der Waals surface area contributed by atoms with Gasteiger partial charge in [-0.3, -0.25) is 0 Å². The molecule has 0 aromatic carbocycles. The van der Waals surface area contributed by atoms with E-state index in [4.69, 9.17) is 0 Å². The summed E-state index contributed by atoms with van der Waals surface area (Å²) in [6.07, 6.45) is 5.49. The van der Waals surface area contributed by atoms with Crippen LogP contribution < -0.4 is 0 Å². The normalized spacial score (nSPS) is 11.1. The topological polar surface area (TPSA) is 56.0 Å². The van der Waals surface area contributed by atoms with Crippen molar-refractivity contribution in [2.75, 3.05) is 0 Å². The van der Waals surface area contributed by atoms with Crippen molar-refractivity contribution in [1.82, 2.24) is 24.6 Å². The van der Waals surface area contributed by atoms with Crippen LogP contribution in [0.5, 0.6) is 0 Å². The van der Waals surface area contributed by atoms with Crippen LogP contribution in [0.3, 0.4) is 0 Å². The highest BCUT2D eigenvalue weighted by molar-refractivity contribution is 9.10. The van der Waals surface area contributed by atoms with Gasteiger partial charge in [0.15, 0.2) is 9.99 Å². The number of nitrogens with zero attached hydrogens (tertiary/aromatic N) is 5. The van der Waals surface area contributed by atoms with Crippen molar-refractivity contribution in [1.29, 1.82) is 0 Å². The second kappa shape index (κ2) is 4.11. The van der Waals surface area contributed by atoms with E-state index in [1.54, 1.807) is 11.7 Å². The Labute approximate surface area is 107 Å². The molecule has 8 heteroatoms. The molecular weight excluding hydrogens is 310 g/mol. The molecule has 0 spiro atoms. The van der Waals surface area contributed by atoms with Crippen LogP contribution in [0.1, 0.15) is 0 Å². The van der Waals surface area contributed by atoms with Gasteiger partial charge < -0.3 is 4.40 Å². The van der Waals surface area contributed by atoms with Gasteiger partial charge in [0.2, 0.25) is 0 Å². The van der Waals surface area contributed by atoms with Gasteiger partial charge in [-0.1, -0.05) is 11.3 Å². The van der Waals surface area contributed by atoms with E-state index in [1.165, 1.54) is 23.1 Å². The molecule has 0 atom stereocenters. The lowest BCUT2D eigenvalue weighted by molar-refractivity contribution is 0.987. The molecule has 80 valence electrons. The third kappa shape index (κ3) is 1.83. The summed E-state index contributed by atoms with van der Waals surface area (Å²) in [5.74, 6) is 0. The summed E-state index contributed by atoms with van der Waals surface area (Å²) in [6.45, 7) is 0. The number of hydrogen-bond donors (Lipinski definition) is 0. The molecule has 0 N–H and O–H groups in total. The van der Waals surface area contributed by atoms with E-state index in [9.17, 15) is 0 Å². The zero-order valence-electron chi connectivity index (χ0n) is 7.74. The van der Waals surface area contributed by atoms with Gasteiger partial charge in [-0.25, -0.2) is 9.97 Å². The maximum atomic E-state index is 4.38. The largest absolute Gasteiger partial charge is 0.302 e. The Hall–Kier alpha value is -0.990. The van der Waals surface area contributed by atoms with Crippen LogP contribution in [-0.4, -0.2) is 24.6 Å². The number of aromatic nitrogens is 5. The first-order valence-corrected chi connectivity index (χ1v) is 6.75. The lowest BCUT2D eigenvalue weighted by atomic mass is 10.7. The Balaban J connectivity index is 2.11. The third-order valence-corrected chi connectivity index (χ3v) is 3.97. The number of fused-ring (bicyclic) bond motifs is 1. The molecule has 0 aliphatic rings. The molecule has 0 amide bonds. The van der Waals surface area contributed by atoms with Crippen molar-refractivity contribution in [2.45, 2.75) is 9.37 Å². The van der Waals surface area contributed by atoms with Crippen LogP contribution in [0.2, 0.25) is 0 Å². The van der Waals surface area contributed by atoms with Crippen LogP contribution in [0, 0.1) is 0 Å². The summed E-state index contributed by atoms with van der Waals surface area (Å²) < 4.78 is 3.54. The second-order valence-electron chi connectivity index (χ2n) is 2.83. The molecule has 3 rings (SSSR count). The number of hydrogen-bond acceptors (Lipinski definition) is 6. The quantitative estimate of drug-likeness (QED) is 0.727. The van der Waals surface area contributed by atoms with Crippen molar-refractivity contribution in [3.63, 3.8) is 0 Å². The van der Waals surface area contributed by atoms with Gasteiger partial charge in [-0.15, -0.1) is 10.2 Å². The molecule has 0 fully saturated rings. The fourth-order valence-electron chi connectivity index (χ4n) is 1.23. The third-order valence-electron chi connectivity index (χ3n) is 1.84. The van der Waals surface area contributed by atoms with Gasteiger partial charge in [0.05, 0.1) is 0 Å². The highest BCUT2D eigenvalue weighted by atomic mass is 79.9. The summed E-state index contributed by atoms with van der Waals surface area (Å²) in [5, 5.41) is 8.58. The van der Waals surface area contributed by atoms with Gasteiger partial charge in [0.25, 0.3) is 0 Å². The molecule has 3 aromatic rings. The van der Waals surface area contributed by atoms with Crippen LogP contribution in [-0.2, 0) is 0 Å². The Morgan fingerprint density at radius 2 is 2.38 bits per heavy atom. The first-order chi connectivity index (χ1) is 7.83. The van der Waals surface area contributed by atoms with Crippen LogP contribution in [0.4, 0.5) is 0 Å². The van der Waals surface area contributed by atoms with Crippen molar-refractivity contribution < 1.29 is 0 Å². The molecule has 0 aliphatic heterocycles. The van der Waals surface area contributed by atoms with E-state index in [2.05, 4.69) is 36.1 Å². The van der Waals surface area contributed by atoms with E-state index in [1.807, 2.05) is 16.8 Å². The Kier molecular flexibility index (Phi) is 2.62. The van der Waals surface area contributed by atoms with Crippen LogP contribution in [0.25, 0.3) is 5.65 Å². The van der Waals surface area contributed by atoms with E-state index >= 15 is 0 Å². The Morgan fingerprint density at radius 1 is 1.44 bits per heavy atom. The van der Waals surface area contributed by atoms with Crippen molar-refractivity contribution >= 4 is 44.7 Å². The highest BCUT2D eigenvalue weighted by Crippen LogP contribution is 2.30. The fourth-order valence-corrected chi connectivity index (χ4v) is 3.23. The fraction of sp³-hybridized carbons (Fsp3) is 0. The van der Waals surface area contributed by atoms with Crippen LogP contribution >= 0.6 is 39.0 Å². The molecule has 0 unspecified atom stereocenters. The average molecular weight is 314 g/mol. The summed E-state index contributed by atoms with van der Waals surface area (Å²) in [4.78, 5) is 8.64. The van der Waals surface area contributed by atoms with Crippen molar-refractivity contribution in [2.24, 2.45) is 0 Å². The van der Waals surface area contributed by atoms with Crippen molar-refractivity contribution in [3.05, 3.63) is 28.7 Å².